The van der Waals surface area contributed by atoms with E-state index in [2.05, 4.69) is 6.92 Å². The second-order valence-electron chi connectivity index (χ2n) is 2.78. The van der Waals surface area contributed by atoms with Gasteiger partial charge in [-0.3, -0.25) is 4.79 Å². The van der Waals surface area contributed by atoms with E-state index >= 15 is 0 Å². The Kier molecular flexibility index (Phi) is 5.44. The van der Waals surface area contributed by atoms with Crippen LogP contribution in [0.15, 0.2) is 23.8 Å². The summed E-state index contributed by atoms with van der Waals surface area (Å²) in [7, 11) is 0. The third-order valence-electron chi connectivity index (χ3n) is 1.46. The zero-order valence-corrected chi connectivity index (χ0v) is 7.50. The van der Waals surface area contributed by atoms with Crippen LogP contribution in [0.3, 0.4) is 0 Å². The summed E-state index contributed by atoms with van der Waals surface area (Å²) in [5.41, 5.74) is 0.856. The van der Waals surface area contributed by atoms with E-state index in [0.29, 0.717) is 5.92 Å². The van der Waals surface area contributed by atoms with Gasteiger partial charge >= 0.3 is 0 Å². The summed E-state index contributed by atoms with van der Waals surface area (Å²) in [6, 6.07) is 0. The largest absolute Gasteiger partial charge is 0.298 e. The third kappa shape index (κ3) is 4.54. The van der Waals surface area contributed by atoms with E-state index in [9.17, 15) is 4.79 Å². The predicted molar refractivity (Wildman–Crippen MR) is 48.4 cm³/mol. The van der Waals surface area contributed by atoms with Gasteiger partial charge in [0.25, 0.3) is 0 Å². The van der Waals surface area contributed by atoms with E-state index in [1.807, 2.05) is 32.1 Å². The molecule has 0 saturated carbocycles. The van der Waals surface area contributed by atoms with E-state index in [1.165, 1.54) is 0 Å². The lowest BCUT2D eigenvalue weighted by atomic mass is 10.0. The van der Waals surface area contributed by atoms with Crippen LogP contribution in [0.5, 0.6) is 0 Å². The minimum absolute atomic E-state index is 0.328. The molecule has 62 valence electrons. The van der Waals surface area contributed by atoms with Gasteiger partial charge in [0.05, 0.1) is 0 Å². The topological polar surface area (TPSA) is 17.1 Å². The van der Waals surface area contributed by atoms with Crippen molar-refractivity contribution >= 4 is 6.29 Å². The monoisotopic (exact) mass is 152 g/mol. The van der Waals surface area contributed by atoms with Crippen LogP contribution in [0.25, 0.3) is 0 Å². The average molecular weight is 152 g/mol. The van der Waals surface area contributed by atoms with Gasteiger partial charge in [-0.1, -0.05) is 39.0 Å². The molecule has 0 unspecified atom stereocenters. The molecule has 0 aromatic rings. The second kappa shape index (κ2) is 5.90. The molecule has 0 aliphatic heterocycles. The summed E-state index contributed by atoms with van der Waals surface area (Å²) in [5.74, 6) is 0.328. The van der Waals surface area contributed by atoms with E-state index in [-0.39, 0.29) is 0 Å². The lowest BCUT2D eigenvalue weighted by molar-refractivity contribution is -0.105. The molecule has 0 atom stereocenters. The third-order valence-corrected chi connectivity index (χ3v) is 1.46. The lowest BCUT2D eigenvalue weighted by Crippen LogP contribution is -1.93. The zero-order valence-electron chi connectivity index (χ0n) is 7.50. The first-order valence-electron chi connectivity index (χ1n) is 4.04. The Morgan fingerprint density at radius 3 is 2.45 bits per heavy atom. The summed E-state index contributed by atoms with van der Waals surface area (Å²) in [6.45, 7) is 6.10. The highest BCUT2D eigenvalue weighted by molar-refractivity contribution is 5.74. The Bertz CT molecular complexity index is 164. The van der Waals surface area contributed by atoms with Gasteiger partial charge in [0.2, 0.25) is 0 Å². The van der Waals surface area contributed by atoms with Crippen molar-refractivity contribution in [2.24, 2.45) is 5.92 Å². The second-order valence-corrected chi connectivity index (χ2v) is 2.78. The number of hydrogen-bond acceptors (Lipinski definition) is 1. The number of hydrogen-bond donors (Lipinski definition) is 0. The Morgan fingerprint density at radius 1 is 1.45 bits per heavy atom. The van der Waals surface area contributed by atoms with Crippen molar-refractivity contribution in [2.45, 2.75) is 27.2 Å². The molecule has 0 amide bonds. The maximum absolute atomic E-state index is 10.4. The molecule has 0 saturated heterocycles. The summed E-state index contributed by atoms with van der Waals surface area (Å²) >= 11 is 0. The summed E-state index contributed by atoms with van der Waals surface area (Å²) in [4.78, 5) is 10.4. The van der Waals surface area contributed by atoms with E-state index in [0.717, 1.165) is 18.3 Å². The molecule has 0 spiro atoms. The quantitative estimate of drug-likeness (QED) is 0.344. The molecule has 0 aliphatic rings. The Balaban J connectivity index is 4.12. The number of carbonyl (C=O) groups excluding carboxylic acids is 1. The van der Waals surface area contributed by atoms with Crippen LogP contribution in [-0.4, -0.2) is 6.29 Å². The van der Waals surface area contributed by atoms with E-state index in [4.69, 9.17) is 0 Å². The van der Waals surface area contributed by atoms with Gasteiger partial charge in [0.1, 0.15) is 6.29 Å². The Hall–Kier alpha value is -0.850. The predicted octanol–water partition coefficient (Wildman–Crippen LogP) is 2.73. The first kappa shape index (κ1) is 10.2. The van der Waals surface area contributed by atoms with Gasteiger partial charge < -0.3 is 0 Å². The number of rotatable bonds is 4. The summed E-state index contributed by atoms with van der Waals surface area (Å²) in [6.07, 6.45) is 7.78. The van der Waals surface area contributed by atoms with Gasteiger partial charge in [0, 0.05) is 0 Å². The first-order chi connectivity index (χ1) is 5.22. The molecule has 0 aliphatic carbocycles. The highest BCUT2D eigenvalue weighted by Crippen LogP contribution is 2.05. The summed E-state index contributed by atoms with van der Waals surface area (Å²) < 4.78 is 0. The number of carbonyl (C=O) groups is 1. The fraction of sp³-hybridized carbons (Fsp3) is 0.500. The molecule has 1 nitrogen and oxygen atoms in total. The number of allylic oxidation sites excluding steroid dienone is 4. The molecule has 0 rings (SSSR count). The lowest BCUT2D eigenvalue weighted by Gasteiger charge is -1.99. The molecule has 0 radical (unpaired) electrons. The molecule has 0 aromatic heterocycles. The fourth-order valence-corrected chi connectivity index (χ4v) is 0.683. The van der Waals surface area contributed by atoms with Crippen LogP contribution in [0.1, 0.15) is 27.2 Å². The van der Waals surface area contributed by atoms with Gasteiger partial charge in [-0.2, -0.15) is 0 Å². The minimum Gasteiger partial charge on any atom is -0.298 e. The average Bonchev–Trinajstić information content (AvgIpc) is 1.97. The van der Waals surface area contributed by atoms with E-state index in [1.54, 1.807) is 0 Å². The van der Waals surface area contributed by atoms with Crippen LogP contribution in [0, 0.1) is 5.92 Å². The minimum atomic E-state index is 0.328. The molecule has 11 heavy (non-hydrogen) atoms. The highest BCUT2D eigenvalue weighted by Gasteiger charge is 1.97. The molecular weight excluding hydrogens is 136 g/mol. The maximum atomic E-state index is 10.4. The fourth-order valence-electron chi connectivity index (χ4n) is 0.683. The van der Waals surface area contributed by atoms with Crippen molar-refractivity contribution in [1.82, 2.24) is 0 Å². The van der Waals surface area contributed by atoms with Crippen LogP contribution >= 0.6 is 0 Å². The molecule has 0 fully saturated rings. The molecule has 0 bridgehead atoms. The maximum Gasteiger partial charge on any atom is 0.146 e. The standard InChI is InChI=1S/C10H16O/c1-4-5-6-7-10(8-11)9(2)3/h5-9H,4H2,1-3H3/b6-5-,10-7+. The van der Waals surface area contributed by atoms with Gasteiger partial charge in [-0.05, 0) is 17.9 Å². The van der Waals surface area contributed by atoms with Gasteiger partial charge in [0.15, 0.2) is 0 Å². The SMILES string of the molecule is CC/C=C\C=C(/C=O)C(C)C. The van der Waals surface area contributed by atoms with Gasteiger partial charge in [-0.25, -0.2) is 0 Å². The molecule has 0 N–H and O–H groups in total. The van der Waals surface area contributed by atoms with Crippen molar-refractivity contribution in [3.8, 4) is 0 Å². The van der Waals surface area contributed by atoms with Crippen molar-refractivity contribution in [2.75, 3.05) is 0 Å². The Labute approximate surface area is 68.8 Å². The first-order valence-corrected chi connectivity index (χ1v) is 4.04. The van der Waals surface area contributed by atoms with Crippen LogP contribution < -0.4 is 0 Å². The number of aldehydes is 1. The molecular formula is C10H16O. The van der Waals surface area contributed by atoms with Crippen molar-refractivity contribution in [1.29, 1.82) is 0 Å². The van der Waals surface area contributed by atoms with Crippen molar-refractivity contribution in [3.63, 3.8) is 0 Å². The Morgan fingerprint density at radius 2 is 2.09 bits per heavy atom. The molecule has 1 heteroatoms. The zero-order chi connectivity index (χ0) is 8.69. The highest BCUT2D eigenvalue weighted by atomic mass is 16.1. The molecule has 0 aromatic carbocycles. The normalized spacial score (nSPS) is 12.9. The van der Waals surface area contributed by atoms with Crippen LogP contribution in [0.2, 0.25) is 0 Å². The van der Waals surface area contributed by atoms with Gasteiger partial charge in [-0.15, -0.1) is 0 Å². The van der Waals surface area contributed by atoms with Crippen molar-refractivity contribution < 1.29 is 4.79 Å². The molecule has 0 heterocycles. The van der Waals surface area contributed by atoms with Crippen LogP contribution in [-0.2, 0) is 4.79 Å². The summed E-state index contributed by atoms with van der Waals surface area (Å²) in [5, 5.41) is 0. The van der Waals surface area contributed by atoms with Crippen molar-refractivity contribution in [3.05, 3.63) is 23.8 Å². The smallest absolute Gasteiger partial charge is 0.146 e. The van der Waals surface area contributed by atoms with Crippen LogP contribution in [0.4, 0.5) is 0 Å². The van der Waals surface area contributed by atoms with E-state index < -0.39 is 0 Å².